The molecule has 0 saturated heterocycles. The van der Waals surface area contributed by atoms with Crippen LogP contribution < -0.4 is 11.1 Å². The number of hydrogen-bond donors (Lipinski definition) is 2. The number of rotatable bonds is 32. The number of carbonyl (C=O) groups is 3. The van der Waals surface area contributed by atoms with Crippen molar-refractivity contribution < 1.29 is 28.6 Å². The second-order valence-electron chi connectivity index (χ2n) is 12.0. The first-order chi connectivity index (χ1) is 20.9. The second-order valence-corrected chi connectivity index (χ2v) is 12.0. The molecule has 0 aliphatic carbocycles. The lowest BCUT2D eigenvalue weighted by Gasteiger charge is -2.19. The minimum Gasteiger partial charge on any atom is -0.465 e. The maximum absolute atomic E-state index is 12.5. The molecule has 0 aliphatic rings. The Hall–Kier alpha value is -1.67. The lowest BCUT2D eigenvalue weighted by Crippen LogP contribution is -2.36. The monoisotopic (exact) mass is 613 g/mol. The van der Waals surface area contributed by atoms with Crippen molar-refractivity contribution in [2.75, 3.05) is 26.3 Å². The van der Waals surface area contributed by atoms with E-state index in [0.717, 1.165) is 51.4 Å². The van der Waals surface area contributed by atoms with Crippen molar-refractivity contribution in [1.82, 2.24) is 5.32 Å². The SMILES string of the molecule is CCCCCCCCCCCC(=O)OCC(CNCCCCC(N)C(=O)OCC)OC(=O)CCCCCCCCCCC. The maximum atomic E-state index is 12.5. The van der Waals surface area contributed by atoms with Crippen LogP contribution in [-0.2, 0) is 28.6 Å². The molecule has 0 heterocycles. The summed E-state index contributed by atoms with van der Waals surface area (Å²) in [4.78, 5) is 36.5. The molecule has 0 radical (unpaired) electrons. The van der Waals surface area contributed by atoms with E-state index in [9.17, 15) is 14.4 Å². The summed E-state index contributed by atoms with van der Waals surface area (Å²) >= 11 is 0. The van der Waals surface area contributed by atoms with Crippen LogP contribution >= 0.6 is 0 Å². The molecule has 43 heavy (non-hydrogen) atoms. The highest BCUT2D eigenvalue weighted by Gasteiger charge is 2.17. The first kappa shape index (κ1) is 41.3. The van der Waals surface area contributed by atoms with Crippen LogP contribution in [0.25, 0.3) is 0 Å². The molecule has 8 heteroatoms. The van der Waals surface area contributed by atoms with Gasteiger partial charge in [0.2, 0.25) is 0 Å². The predicted molar refractivity (Wildman–Crippen MR) is 176 cm³/mol. The largest absolute Gasteiger partial charge is 0.465 e. The van der Waals surface area contributed by atoms with E-state index in [1.807, 2.05) is 0 Å². The van der Waals surface area contributed by atoms with E-state index < -0.39 is 12.1 Å². The van der Waals surface area contributed by atoms with Crippen molar-refractivity contribution in [3.05, 3.63) is 0 Å². The zero-order chi connectivity index (χ0) is 31.8. The standard InChI is InChI=1S/C35H68N2O6/c1-4-7-9-11-13-15-17-19-21-26-33(38)42-30-31(29-37-28-24-23-25-32(36)35(40)41-6-3)43-34(39)27-22-20-18-16-14-12-10-8-5-2/h31-32,37H,4-30,36H2,1-3H3. The van der Waals surface area contributed by atoms with Gasteiger partial charge in [0.1, 0.15) is 18.8 Å². The van der Waals surface area contributed by atoms with Gasteiger partial charge in [-0.15, -0.1) is 0 Å². The van der Waals surface area contributed by atoms with Crippen molar-refractivity contribution in [1.29, 1.82) is 0 Å². The topological polar surface area (TPSA) is 117 Å². The summed E-state index contributed by atoms with van der Waals surface area (Å²) in [5.74, 6) is -0.820. The molecular weight excluding hydrogens is 544 g/mol. The number of nitrogens with two attached hydrogens (primary N) is 1. The Bertz CT molecular complexity index is 660. The van der Waals surface area contributed by atoms with Gasteiger partial charge < -0.3 is 25.3 Å². The fraction of sp³-hybridized carbons (Fsp3) is 0.914. The van der Waals surface area contributed by atoms with Crippen LogP contribution in [0, 0.1) is 0 Å². The molecule has 0 spiro atoms. The first-order valence-corrected chi connectivity index (χ1v) is 17.9. The zero-order valence-electron chi connectivity index (χ0n) is 28.3. The summed E-state index contributed by atoms with van der Waals surface area (Å²) in [6.07, 6.45) is 24.0. The van der Waals surface area contributed by atoms with Crippen LogP contribution in [-0.4, -0.2) is 56.4 Å². The van der Waals surface area contributed by atoms with Crippen LogP contribution in [0.5, 0.6) is 0 Å². The van der Waals surface area contributed by atoms with Gasteiger partial charge in [0.25, 0.3) is 0 Å². The van der Waals surface area contributed by atoms with Crippen LogP contribution in [0.15, 0.2) is 0 Å². The fourth-order valence-electron chi connectivity index (χ4n) is 5.04. The Morgan fingerprint density at radius 2 is 1.09 bits per heavy atom. The molecular formula is C35H68N2O6. The van der Waals surface area contributed by atoms with Crippen LogP contribution in [0.4, 0.5) is 0 Å². The molecule has 254 valence electrons. The predicted octanol–water partition coefficient (Wildman–Crippen LogP) is 7.93. The van der Waals surface area contributed by atoms with E-state index in [0.29, 0.717) is 39.0 Å². The minimum atomic E-state index is -0.597. The lowest BCUT2D eigenvalue weighted by atomic mass is 10.1. The highest BCUT2D eigenvalue weighted by Crippen LogP contribution is 2.13. The summed E-state index contributed by atoms with van der Waals surface area (Å²) in [5.41, 5.74) is 5.86. The highest BCUT2D eigenvalue weighted by atomic mass is 16.6. The lowest BCUT2D eigenvalue weighted by molar-refractivity contribution is -0.159. The average Bonchev–Trinajstić information content (AvgIpc) is 2.99. The molecule has 0 aromatic carbocycles. The Morgan fingerprint density at radius 1 is 0.605 bits per heavy atom. The van der Waals surface area contributed by atoms with Gasteiger partial charge in [-0.2, -0.15) is 0 Å². The van der Waals surface area contributed by atoms with Crippen molar-refractivity contribution in [2.24, 2.45) is 5.73 Å². The molecule has 0 aromatic heterocycles. The zero-order valence-corrected chi connectivity index (χ0v) is 28.3. The van der Waals surface area contributed by atoms with E-state index in [1.54, 1.807) is 6.92 Å². The number of carbonyl (C=O) groups excluding carboxylic acids is 3. The number of hydrogen-bond acceptors (Lipinski definition) is 8. The molecule has 2 unspecified atom stereocenters. The van der Waals surface area contributed by atoms with Gasteiger partial charge in [-0.05, 0) is 39.2 Å². The third-order valence-corrected chi connectivity index (χ3v) is 7.78. The number of esters is 3. The van der Waals surface area contributed by atoms with E-state index in [1.165, 1.54) is 77.0 Å². The normalized spacial score (nSPS) is 12.6. The van der Waals surface area contributed by atoms with Gasteiger partial charge in [0.15, 0.2) is 0 Å². The van der Waals surface area contributed by atoms with Gasteiger partial charge in [0.05, 0.1) is 6.61 Å². The Morgan fingerprint density at radius 3 is 1.60 bits per heavy atom. The van der Waals surface area contributed by atoms with Crippen LogP contribution in [0.3, 0.4) is 0 Å². The smallest absolute Gasteiger partial charge is 0.322 e. The van der Waals surface area contributed by atoms with Gasteiger partial charge in [-0.25, -0.2) is 0 Å². The summed E-state index contributed by atoms with van der Waals surface area (Å²) < 4.78 is 16.2. The molecule has 3 N–H and O–H groups in total. The first-order valence-electron chi connectivity index (χ1n) is 17.9. The summed E-state index contributed by atoms with van der Waals surface area (Å²) in [6.45, 7) is 7.73. The summed E-state index contributed by atoms with van der Waals surface area (Å²) in [7, 11) is 0. The molecule has 0 aliphatic heterocycles. The number of ether oxygens (including phenoxy) is 3. The minimum absolute atomic E-state index is 0.0699. The molecule has 2 atom stereocenters. The maximum Gasteiger partial charge on any atom is 0.322 e. The van der Waals surface area contributed by atoms with Crippen molar-refractivity contribution in [3.8, 4) is 0 Å². The fourth-order valence-corrected chi connectivity index (χ4v) is 5.04. The molecule has 0 amide bonds. The summed E-state index contributed by atoms with van der Waals surface area (Å²) in [5, 5.41) is 3.31. The second kappa shape index (κ2) is 31.7. The Labute approximate surface area is 264 Å². The van der Waals surface area contributed by atoms with Crippen molar-refractivity contribution in [3.63, 3.8) is 0 Å². The Kier molecular flexibility index (Phi) is 30.5. The van der Waals surface area contributed by atoms with E-state index in [4.69, 9.17) is 19.9 Å². The van der Waals surface area contributed by atoms with Gasteiger partial charge >= 0.3 is 17.9 Å². The highest BCUT2D eigenvalue weighted by molar-refractivity contribution is 5.75. The Balaban J connectivity index is 4.33. The van der Waals surface area contributed by atoms with E-state index in [-0.39, 0.29) is 24.5 Å². The van der Waals surface area contributed by atoms with Gasteiger partial charge in [-0.3, -0.25) is 14.4 Å². The van der Waals surface area contributed by atoms with E-state index >= 15 is 0 Å². The molecule has 0 bridgehead atoms. The van der Waals surface area contributed by atoms with Gasteiger partial charge in [0, 0.05) is 19.4 Å². The molecule has 0 aromatic rings. The summed E-state index contributed by atoms with van der Waals surface area (Å²) in [6, 6.07) is -0.597. The molecule has 8 nitrogen and oxygen atoms in total. The van der Waals surface area contributed by atoms with Crippen LogP contribution in [0.2, 0.25) is 0 Å². The van der Waals surface area contributed by atoms with Gasteiger partial charge in [-0.1, -0.05) is 123 Å². The van der Waals surface area contributed by atoms with Crippen molar-refractivity contribution in [2.45, 2.75) is 181 Å². The average molecular weight is 613 g/mol. The third-order valence-electron chi connectivity index (χ3n) is 7.78. The van der Waals surface area contributed by atoms with E-state index in [2.05, 4.69) is 19.2 Å². The molecule has 0 rings (SSSR count). The number of unbranched alkanes of at least 4 members (excludes halogenated alkanes) is 17. The quantitative estimate of drug-likeness (QED) is 0.0447. The van der Waals surface area contributed by atoms with Crippen molar-refractivity contribution >= 4 is 17.9 Å². The number of nitrogens with one attached hydrogen (secondary N) is 1. The molecule has 0 saturated carbocycles. The van der Waals surface area contributed by atoms with Crippen LogP contribution in [0.1, 0.15) is 168 Å². The third kappa shape index (κ3) is 28.8. The molecule has 0 fully saturated rings.